The largest absolute Gasteiger partial charge is 0.309 e. The zero-order chi connectivity index (χ0) is 9.80. The summed E-state index contributed by atoms with van der Waals surface area (Å²) in [5.41, 5.74) is 0. The van der Waals surface area contributed by atoms with E-state index < -0.39 is 0 Å². The third kappa shape index (κ3) is 2.58. The summed E-state index contributed by atoms with van der Waals surface area (Å²) in [4.78, 5) is 1.46. The SMILES string of the molecule is CC(NCCC1CCC1)c1cccs1. The number of nitrogens with one attached hydrogen (secondary N) is 1. The predicted molar refractivity (Wildman–Crippen MR) is 62.7 cm³/mol. The van der Waals surface area contributed by atoms with Gasteiger partial charge in [0.2, 0.25) is 0 Å². The maximum atomic E-state index is 3.59. The van der Waals surface area contributed by atoms with Gasteiger partial charge in [-0.25, -0.2) is 0 Å². The van der Waals surface area contributed by atoms with Gasteiger partial charge < -0.3 is 5.32 Å². The van der Waals surface area contributed by atoms with Gasteiger partial charge in [0.05, 0.1) is 0 Å². The number of hydrogen-bond donors (Lipinski definition) is 1. The predicted octanol–water partition coefficient (Wildman–Crippen LogP) is 3.59. The Kier molecular flexibility index (Phi) is 3.60. The fourth-order valence-corrected chi connectivity index (χ4v) is 2.68. The van der Waals surface area contributed by atoms with Crippen LogP contribution in [0.5, 0.6) is 0 Å². The van der Waals surface area contributed by atoms with E-state index in [-0.39, 0.29) is 0 Å². The Labute approximate surface area is 90.5 Å². The Bertz CT molecular complexity index is 251. The molecule has 1 aliphatic rings. The van der Waals surface area contributed by atoms with Crippen molar-refractivity contribution in [2.45, 2.75) is 38.6 Å². The summed E-state index contributed by atoms with van der Waals surface area (Å²) in [7, 11) is 0. The molecule has 1 nitrogen and oxygen atoms in total. The normalized spacial score (nSPS) is 19.2. The van der Waals surface area contributed by atoms with Crippen LogP contribution in [-0.4, -0.2) is 6.54 Å². The van der Waals surface area contributed by atoms with Gasteiger partial charge in [0.25, 0.3) is 0 Å². The third-order valence-electron chi connectivity index (χ3n) is 3.20. The summed E-state index contributed by atoms with van der Waals surface area (Å²) in [6, 6.07) is 4.88. The van der Waals surface area contributed by atoms with Crippen molar-refractivity contribution in [3.05, 3.63) is 22.4 Å². The van der Waals surface area contributed by atoms with E-state index in [0.29, 0.717) is 6.04 Å². The quantitative estimate of drug-likeness (QED) is 0.781. The first-order valence-electron chi connectivity index (χ1n) is 5.63. The highest BCUT2D eigenvalue weighted by Crippen LogP contribution is 2.29. The van der Waals surface area contributed by atoms with Crippen molar-refractivity contribution in [1.29, 1.82) is 0 Å². The average molecular weight is 209 g/mol. The first-order chi connectivity index (χ1) is 6.86. The molecule has 2 rings (SSSR count). The van der Waals surface area contributed by atoms with Crippen LogP contribution in [0.2, 0.25) is 0 Å². The summed E-state index contributed by atoms with van der Waals surface area (Å²) in [6.07, 6.45) is 5.77. The molecule has 0 saturated heterocycles. The Morgan fingerprint density at radius 2 is 2.43 bits per heavy atom. The first-order valence-corrected chi connectivity index (χ1v) is 6.51. The van der Waals surface area contributed by atoms with Crippen molar-refractivity contribution in [3.8, 4) is 0 Å². The van der Waals surface area contributed by atoms with Crippen LogP contribution in [0.1, 0.15) is 43.5 Å². The monoisotopic (exact) mass is 209 g/mol. The van der Waals surface area contributed by atoms with Gasteiger partial charge in [-0.15, -0.1) is 11.3 Å². The molecule has 0 radical (unpaired) electrons. The summed E-state index contributed by atoms with van der Waals surface area (Å²) in [5, 5.41) is 5.75. The van der Waals surface area contributed by atoms with Gasteiger partial charge in [-0.3, -0.25) is 0 Å². The first kappa shape index (κ1) is 10.2. The van der Waals surface area contributed by atoms with E-state index in [2.05, 4.69) is 29.8 Å². The Balaban J connectivity index is 1.65. The topological polar surface area (TPSA) is 12.0 Å². The van der Waals surface area contributed by atoms with Gasteiger partial charge in [-0.2, -0.15) is 0 Å². The molecule has 0 amide bonds. The Morgan fingerprint density at radius 3 is 3.00 bits per heavy atom. The van der Waals surface area contributed by atoms with Crippen molar-refractivity contribution < 1.29 is 0 Å². The van der Waals surface area contributed by atoms with Crippen molar-refractivity contribution in [1.82, 2.24) is 5.32 Å². The van der Waals surface area contributed by atoms with Gasteiger partial charge in [0.1, 0.15) is 0 Å². The molecule has 1 aromatic heterocycles. The molecular weight excluding hydrogens is 190 g/mol. The van der Waals surface area contributed by atoms with Crippen LogP contribution >= 0.6 is 11.3 Å². The average Bonchev–Trinajstić information content (AvgIpc) is 2.61. The zero-order valence-electron chi connectivity index (χ0n) is 8.83. The van der Waals surface area contributed by atoms with Crippen LogP contribution in [0, 0.1) is 5.92 Å². The molecule has 1 aromatic rings. The summed E-state index contributed by atoms with van der Waals surface area (Å²) in [5.74, 6) is 1.03. The molecule has 14 heavy (non-hydrogen) atoms. The van der Waals surface area contributed by atoms with Crippen LogP contribution in [0.25, 0.3) is 0 Å². The van der Waals surface area contributed by atoms with Crippen LogP contribution < -0.4 is 5.32 Å². The summed E-state index contributed by atoms with van der Waals surface area (Å²) in [6.45, 7) is 3.44. The lowest BCUT2D eigenvalue weighted by Gasteiger charge is -2.25. The van der Waals surface area contributed by atoms with E-state index in [4.69, 9.17) is 0 Å². The molecule has 1 aliphatic carbocycles. The van der Waals surface area contributed by atoms with Crippen molar-refractivity contribution >= 4 is 11.3 Å². The zero-order valence-corrected chi connectivity index (χ0v) is 9.65. The van der Waals surface area contributed by atoms with Crippen LogP contribution in [0.3, 0.4) is 0 Å². The molecule has 1 N–H and O–H groups in total. The molecule has 1 saturated carbocycles. The minimum atomic E-state index is 0.537. The Hall–Kier alpha value is -0.340. The fourth-order valence-electron chi connectivity index (χ4n) is 1.92. The maximum absolute atomic E-state index is 3.59. The molecule has 2 heteroatoms. The Morgan fingerprint density at radius 1 is 1.57 bits per heavy atom. The van der Waals surface area contributed by atoms with Gasteiger partial charge in [0.15, 0.2) is 0 Å². The van der Waals surface area contributed by atoms with Crippen LogP contribution in [-0.2, 0) is 0 Å². The lowest BCUT2D eigenvalue weighted by Crippen LogP contribution is -2.23. The second-order valence-electron chi connectivity index (χ2n) is 4.28. The molecule has 0 spiro atoms. The lowest BCUT2D eigenvalue weighted by molar-refractivity contribution is 0.289. The van der Waals surface area contributed by atoms with Gasteiger partial charge >= 0.3 is 0 Å². The van der Waals surface area contributed by atoms with Crippen LogP contribution in [0.4, 0.5) is 0 Å². The molecule has 0 aromatic carbocycles. The smallest absolute Gasteiger partial charge is 0.0386 e. The minimum Gasteiger partial charge on any atom is -0.309 e. The van der Waals surface area contributed by atoms with E-state index >= 15 is 0 Å². The van der Waals surface area contributed by atoms with Gasteiger partial charge in [-0.1, -0.05) is 25.3 Å². The molecule has 1 atom stereocenters. The lowest BCUT2D eigenvalue weighted by atomic mass is 9.83. The van der Waals surface area contributed by atoms with E-state index in [1.807, 2.05) is 11.3 Å². The molecule has 0 aliphatic heterocycles. The van der Waals surface area contributed by atoms with Crippen molar-refractivity contribution in [3.63, 3.8) is 0 Å². The van der Waals surface area contributed by atoms with Crippen molar-refractivity contribution in [2.75, 3.05) is 6.54 Å². The number of rotatable bonds is 5. The van der Waals surface area contributed by atoms with Crippen LogP contribution in [0.15, 0.2) is 17.5 Å². The molecule has 1 heterocycles. The number of hydrogen-bond acceptors (Lipinski definition) is 2. The molecule has 1 fully saturated rings. The van der Waals surface area contributed by atoms with E-state index in [9.17, 15) is 0 Å². The molecule has 0 bridgehead atoms. The highest BCUT2D eigenvalue weighted by atomic mass is 32.1. The van der Waals surface area contributed by atoms with E-state index in [1.54, 1.807) is 0 Å². The fraction of sp³-hybridized carbons (Fsp3) is 0.667. The molecular formula is C12H19NS. The maximum Gasteiger partial charge on any atom is 0.0386 e. The second kappa shape index (κ2) is 4.94. The molecule has 1 unspecified atom stereocenters. The highest BCUT2D eigenvalue weighted by Gasteiger charge is 2.16. The summed E-state index contributed by atoms with van der Waals surface area (Å²) < 4.78 is 0. The van der Waals surface area contributed by atoms with E-state index in [0.717, 1.165) is 5.92 Å². The minimum absolute atomic E-state index is 0.537. The van der Waals surface area contributed by atoms with Crippen molar-refractivity contribution in [2.24, 2.45) is 5.92 Å². The second-order valence-corrected chi connectivity index (χ2v) is 5.26. The standard InChI is InChI=1S/C12H19NS/c1-10(12-6-3-9-14-12)13-8-7-11-4-2-5-11/h3,6,9-11,13H,2,4-5,7-8H2,1H3. The number of thiophene rings is 1. The third-order valence-corrected chi connectivity index (χ3v) is 4.25. The van der Waals surface area contributed by atoms with Gasteiger partial charge in [-0.05, 0) is 37.3 Å². The van der Waals surface area contributed by atoms with E-state index in [1.165, 1.54) is 37.1 Å². The molecule has 78 valence electrons. The summed E-state index contributed by atoms with van der Waals surface area (Å²) >= 11 is 1.85. The highest BCUT2D eigenvalue weighted by molar-refractivity contribution is 7.10. The van der Waals surface area contributed by atoms with Gasteiger partial charge in [0, 0.05) is 10.9 Å².